The van der Waals surface area contributed by atoms with Gasteiger partial charge in [0.1, 0.15) is 11.4 Å². The summed E-state index contributed by atoms with van der Waals surface area (Å²) in [6, 6.07) is 4.11. The molecule has 0 atom stereocenters. The van der Waals surface area contributed by atoms with Crippen molar-refractivity contribution in [2.24, 2.45) is 0 Å². The highest BCUT2D eigenvalue weighted by molar-refractivity contribution is 6.60. The lowest BCUT2D eigenvalue weighted by atomic mass is 9.86. The minimum absolute atomic E-state index is 0.321. The summed E-state index contributed by atoms with van der Waals surface area (Å²) in [6.45, 7) is 10.6. The summed E-state index contributed by atoms with van der Waals surface area (Å²) in [5, 5.41) is 0. The van der Waals surface area contributed by atoms with E-state index in [2.05, 4.69) is 40.7 Å². The summed E-state index contributed by atoms with van der Waals surface area (Å²) in [5.74, 6) is 1.06. The molecular formula is C28H51BO3. The largest absolute Gasteiger partial charge is 0.532 e. The van der Waals surface area contributed by atoms with Crippen molar-refractivity contribution in [3.63, 3.8) is 0 Å². The van der Waals surface area contributed by atoms with Crippen LogP contribution in [0.15, 0.2) is 16.5 Å². The SMILES string of the molecule is CCCCCCCCCCCCCCCCCCc1ccc(B2OC(C)(C)C(C)(C)O2)o1. The van der Waals surface area contributed by atoms with Crippen molar-refractivity contribution < 1.29 is 13.7 Å². The Morgan fingerprint density at radius 2 is 1.00 bits per heavy atom. The van der Waals surface area contributed by atoms with Crippen LogP contribution in [0.5, 0.6) is 0 Å². The number of hydrogen-bond acceptors (Lipinski definition) is 3. The third-order valence-corrected chi connectivity index (χ3v) is 7.44. The van der Waals surface area contributed by atoms with Crippen molar-refractivity contribution in [1.82, 2.24) is 0 Å². The second-order valence-corrected chi connectivity index (χ2v) is 10.9. The summed E-state index contributed by atoms with van der Waals surface area (Å²) in [7, 11) is -0.389. The molecule has 0 N–H and O–H groups in total. The Labute approximate surface area is 199 Å². The Morgan fingerprint density at radius 3 is 1.44 bits per heavy atom. The number of unbranched alkanes of at least 4 members (excludes halogenated alkanes) is 15. The van der Waals surface area contributed by atoms with Crippen LogP contribution in [0, 0.1) is 0 Å². The van der Waals surface area contributed by atoms with E-state index < -0.39 is 0 Å². The molecule has 2 heterocycles. The first-order valence-corrected chi connectivity index (χ1v) is 13.8. The standard InChI is InChI=1S/C28H51BO3/c1-6-7-8-9-10-11-12-13-14-15-16-17-18-19-20-21-22-25-23-24-26(30-25)29-31-27(2,3)28(4,5)32-29/h23-24H,6-22H2,1-5H3. The third-order valence-electron chi connectivity index (χ3n) is 7.44. The van der Waals surface area contributed by atoms with Gasteiger partial charge in [-0.2, -0.15) is 0 Å². The minimum Gasteiger partial charge on any atom is -0.470 e. The summed E-state index contributed by atoms with van der Waals surface area (Å²) in [6.07, 6.45) is 23.4. The number of furan rings is 1. The highest BCUT2D eigenvalue weighted by Crippen LogP contribution is 2.36. The van der Waals surface area contributed by atoms with E-state index in [1.165, 1.54) is 103 Å². The Kier molecular flexibility index (Phi) is 12.5. The molecule has 1 aromatic rings. The molecule has 1 aliphatic rings. The second kappa shape index (κ2) is 14.5. The zero-order valence-electron chi connectivity index (χ0n) is 22.0. The van der Waals surface area contributed by atoms with Gasteiger partial charge in [-0.25, -0.2) is 0 Å². The smallest absolute Gasteiger partial charge is 0.470 e. The normalized spacial score (nSPS) is 17.3. The first kappa shape index (κ1) is 27.5. The van der Waals surface area contributed by atoms with Gasteiger partial charge in [-0.3, -0.25) is 0 Å². The maximum atomic E-state index is 6.08. The fraction of sp³-hybridized carbons (Fsp3) is 0.857. The first-order valence-electron chi connectivity index (χ1n) is 13.8. The van der Waals surface area contributed by atoms with Gasteiger partial charge >= 0.3 is 7.12 Å². The van der Waals surface area contributed by atoms with E-state index >= 15 is 0 Å². The van der Waals surface area contributed by atoms with Crippen molar-refractivity contribution in [3.05, 3.63) is 17.9 Å². The Balaban J connectivity index is 1.41. The van der Waals surface area contributed by atoms with Gasteiger partial charge in [-0.05, 0) is 46.2 Å². The Bertz CT molecular complexity index is 592. The van der Waals surface area contributed by atoms with Crippen molar-refractivity contribution in [2.75, 3.05) is 0 Å². The van der Waals surface area contributed by atoms with Crippen LogP contribution in [0.2, 0.25) is 0 Å². The van der Waals surface area contributed by atoms with Crippen LogP contribution in [0.4, 0.5) is 0 Å². The second-order valence-electron chi connectivity index (χ2n) is 10.9. The molecule has 3 nitrogen and oxygen atoms in total. The molecule has 0 aliphatic carbocycles. The lowest BCUT2D eigenvalue weighted by Crippen LogP contribution is -2.41. The molecule has 32 heavy (non-hydrogen) atoms. The summed E-state index contributed by atoms with van der Waals surface area (Å²) in [5.41, 5.74) is 0.159. The number of rotatable bonds is 18. The van der Waals surface area contributed by atoms with Crippen LogP contribution < -0.4 is 5.66 Å². The van der Waals surface area contributed by atoms with Crippen molar-refractivity contribution in [1.29, 1.82) is 0 Å². The van der Waals surface area contributed by atoms with E-state index in [1.807, 2.05) is 6.07 Å². The van der Waals surface area contributed by atoms with Crippen LogP contribution in [0.1, 0.15) is 143 Å². The maximum Gasteiger partial charge on any atom is 0.532 e. The van der Waals surface area contributed by atoms with E-state index in [-0.39, 0.29) is 18.3 Å². The topological polar surface area (TPSA) is 31.6 Å². The summed E-state index contributed by atoms with van der Waals surface area (Å²) >= 11 is 0. The molecule has 0 bridgehead atoms. The van der Waals surface area contributed by atoms with Gasteiger partial charge in [0.05, 0.1) is 11.2 Å². The first-order chi connectivity index (χ1) is 15.4. The molecule has 0 aromatic carbocycles. The molecule has 2 rings (SSSR count). The third kappa shape index (κ3) is 9.63. The molecule has 4 heteroatoms. The van der Waals surface area contributed by atoms with E-state index in [0.717, 1.165) is 17.8 Å². The maximum absolute atomic E-state index is 6.08. The molecule has 1 aliphatic heterocycles. The predicted octanol–water partition coefficient (Wildman–Crippen LogP) is 8.38. The van der Waals surface area contributed by atoms with Gasteiger partial charge in [0.15, 0.2) is 0 Å². The van der Waals surface area contributed by atoms with E-state index in [0.29, 0.717) is 0 Å². The van der Waals surface area contributed by atoms with E-state index in [4.69, 9.17) is 13.7 Å². The number of hydrogen-bond donors (Lipinski definition) is 0. The molecule has 1 aromatic heterocycles. The molecule has 0 saturated carbocycles. The van der Waals surface area contributed by atoms with Crippen molar-refractivity contribution in [3.8, 4) is 0 Å². The van der Waals surface area contributed by atoms with Gasteiger partial charge in [-0.15, -0.1) is 0 Å². The molecule has 1 saturated heterocycles. The summed E-state index contributed by atoms with van der Waals surface area (Å²) in [4.78, 5) is 0. The molecule has 0 spiro atoms. The van der Waals surface area contributed by atoms with E-state index in [1.54, 1.807) is 0 Å². The van der Waals surface area contributed by atoms with Crippen LogP contribution >= 0.6 is 0 Å². The lowest BCUT2D eigenvalue weighted by molar-refractivity contribution is 0.00578. The Hall–Kier alpha value is -0.735. The minimum atomic E-state index is -0.389. The lowest BCUT2D eigenvalue weighted by Gasteiger charge is -2.32. The fourth-order valence-electron chi connectivity index (χ4n) is 4.46. The zero-order valence-corrected chi connectivity index (χ0v) is 22.0. The van der Waals surface area contributed by atoms with Crippen LogP contribution in [0.25, 0.3) is 0 Å². The number of aryl methyl sites for hydroxylation is 1. The molecular weight excluding hydrogens is 395 g/mol. The average molecular weight is 447 g/mol. The molecule has 1 fully saturated rings. The Morgan fingerprint density at radius 1 is 0.594 bits per heavy atom. The van der Waals surface area contributed by atoms with Crippen molar-refractivity contribution >= 4 is 12.8 Å². The molecule has 184 valence electrons. The average Bonchev–Trinajstić information content (AvgIpc) is 3.29. The van der Waals surface area contributed by atoms with Gasteiger partial charge in [-0.1, -0.05) is 103 Å². The van der Waals surface area contributed by atoms with Gasteiger partial charge in [0.25, 0.3) is 0 Å². The van der Waals surface area contributed by atoms with Gasteiger partial charge in [0.2, 0.25) is 0 Å². The monoisotopic (exact) mass is 446 g/mol. The highest BCUT2D eigenvalue weighted by atomic mass is 16.7. The van der Waals surface area contributed by atoms with Crippen LogP contribution in [-0.2, 0) is 15.7 Å². The predicted molar refractivity (Wildman–Crippen MR) is 138 cm³/mol. The zero-order chi connectivity index (χ0) is 23.3. The van der Waals surface area contributed by atoms with Gasteiger partial charge < -0.3 is 13.7 Å². The van der Waals surface area contributed by atoms with Crippen LogP contribution in [-0.4, -0.2) is 18.3 Å². The van der Waals surface area contributed by atoms with Crippen molar-refractivity contribution in [2.45, 2.75) is 155 Å². The summed E-state index contributed by atoms with van der Waals surface area (Å²) < 4.78 is 18.2. The molecule has 0 amide bonds. The highest BCUT2D eigenvalue weighted by Gasteiger charge is 2.53. The quantitative estimate of drug-likeness (QED) is 0.168. The fourth-order valence-corrected chi connectivity index (χ4v) is 4.46. The van der Waals surface area contributed by atoms with E-state index in [9.17, 15) is 0 Å². The van der Waals surface area contributed by atoms with Crippen LogP contribution in [0.3, 0.4) is 0 Å². The van der Waals surface area contributed by atoms with Gasteiger partial charge in [0, 0.05) is 6.42 Å². The molecule has 0 radical (unpaired) electrons. The molecule has 0 unspecified atom stereocenters.